The third-order valence-electron chi connectivity index (χ3n) is 3.84. The fourth-order valence-electron chi connectivity index (χ4n) is 2.54. The van der Waals surface area contributed by atoms with E-state index in [4.69, 9.17) is 4.74 Å². The topological polar surface area (TPSA) is 88.5 Å². The quantitative estimate of drug-likeness (QED) is 0.753. The fourth-order valence-corrected chi connectivity index (χ4v) is 3.46. The van der Waals surface area contributed by atoms with Gasteiger partial charge in [0, 0.05) is 0 Å². The average molecular weight is 362 g/mol. The molecule has 6 nitrogen and oxygen atoms in total. The molecule has 1 aromatic heterocycles. The van der Waals surface area contributed by atoms with E-state index < -0.39 is 11.5 Å². The maximum atomic E-state index is 12.6. The van der Waals surface area contributed by atoms with Gasteiger partial charge in [-0.25, -0.2) is 4.98 Å². The van der Waals surface area contributed by atoms with Gasteiger partial charge in [0.25, 0.3) is 5.91 Å². The number of thiazole rings is 1. The van der Waals surface area contributed by atoms with Crippen LogP contribution in [0.25, 0.3) is 0 Å². The summed E-state index contributed by atoms with van der Waals surface area (Å²) in [7, 11) is 1.54. The van der Waals surface area contributed by atoms with E-state index in [2.05, 4.69) is 10.3 Å². The van der Waals surface area contributed by atoms with Crippen molar-refractivity contribution in [2.75, 3.05) is 7.11 Å². The van der Waals surface area contributed by atoms with Crippen LogP contribution in [-0.2, 0) is 16.8 Å². The molecule has 1 atom stereocenters. The maximum Gasteiger partial charge on any atom is 0.306 e. The average Bonchev–Trinajstić information content (AvgIpc) is 3.03. The minimum atomic E-state index is -1.06. The molecule has 0 fully saturated rings. The Hall–Kier alpha value is -2.41. The normalized spacial score (nSPS) is 13.1. The summed E-state index contributed by atoms with van der Waals surface area (Å²) < 4.78 is 5.21. The lowest BCUT2D eigenvalue weighted by Crippen LogP contribution is -2.44. The molecule has 7 heteroatoms. The molecule has 0 aliphatic heterocycles. The molecule has 0 bridgehead atoms. The smallest absolute Gasteiger partial charge is 0.306 e. The number of amides is 1. The summed E-state index contributed by atoms with van der Waals surface area (Å²) in [6.45, 7) is 3.75. The molecule has 2 rings (SSSR count). The highest BCUT2D eigenvalue weighted by molar-refractivity contribution is 7.13. The van der Waals surface area contributed by atoms with E-state index in [9.17, 15) is 14.7 Å². The van der Waals surface area contributed by atoms with Crippen LogP contribution in [0.4, 0.5) is 0 Å². The van der Waals surface area contributed by atoms with E-state index in [-0.39, 0.29) is 12.3 Å². The highest BCUT2D eigenvalue weighted by atomic mass is 32.1. The molecule has 0 aliphatic carbocycles. The van der Waals surface area contributed by atoms with Gasteiger partial charge in [-0.3, -0.25) is 9.59 Å². The Morgan fingerprint density at radius 3 is 2.80 bits per heavy atom. The number of carboxylic acid groups (broad SMARTS) is 1. The van der Waals surface area contributed by atoms with Crippen LogP contribution in [0.2, 0.25) is 0 Å². The second-order valence-corrected chi connectivity index (χ2v) is 7.07. The van der Waals surface area contributed by atoms with Gasteiger partial charge in [-0.1, -0.05) is 19.1 Å². The molecular weight excluding hydrogens is 340 g/mol. The summed E-state index contributed by atoms with van der Waals surface area (Å²) in [5, 5.41) is 13.1. The van der Waals surface area contributed by atoms with Crippen LogP contribution >= 0.6 is 11.3 Å². The van der Waals surface area contributed by atoms with Crippen LogP contribution in [-0.4, -0.2) is 29.1 Å². The lowest BCUT2D eigenvalue weighted by molar-refractivity contribution is -0.138. The van der Waals surface area contributed by atoms with E-state index in [1.54, 1.807) is 38.3 Å². The predicted molar refractivity (Wildman–Crippen MR) is 96.2 cm³/mol. The standard InChI is InChI=1S/C18H22N2O4S/c1-4-6-15-19-11-14(25-15)17(23)20-18(2,10-16(21)22)12-7-5-8-13(9-12)24-3/h5,7-9,11H,4,6,10H2,1-3H3,(H,20,23)(H,21,22). The van der Waals surface area contributed by atoms with Gasteiger partial charge in [0.05, 0.1) is 30.3 Å². The second-order valence-electron chi connectivity index (χ2n) is 5.96. The van der Waals surface area contributed by atoms with Crippen LogP contribution in [0.1, 0.15) is 46.9 Å². The summed E-state index contributed by atoms with van der Waals surface area (Å²) in [6, 6.07) is 7.05. The Balaban J connectivity index is 2.29. The molecule has 2 N–H and O–H groups in total. The lowest BCUT2D eigenvalue weighted by Gasteiger charge is -2.30. The Morgan fingerprint density at radius 1 is 1.40 bits per heavy atom. The number of nitrogens with zero attached hydrogens (tertiary/aromatic N) is 1. The molecule has 0 saturated heterocycles. The van der Waals surface area contributed by atoms with E-state index >= 15 is 0 Å². The van der Waals surface area contributed by atoms with Crippen LogP contribution < -0.4 is 10.1 Å². The van der Waals surface area contributed by atoms with Gasteiger partial charge >= 0.3 is 5.97 Å². The molecule has 0 aliphatic rings. The monoisotopic (exact) mass is 362 g/mol. The van der Waals surface area contributed by atoms with Gasteiger partial charge < -0.3 is 15.2 Å². The molecule has 0 radical (unpaired) electrons. The molecule has 0 saturated carbocycles. The third kappa shape index (κ3) is 4.79. The van der Waals surface area contributed by atoms with E-state index in [0.717, 1.165) is 17.8 Å². The first kappa shape index (κ1) is 18.9. The van der Waals surface area contributed by atoms with Crippen LogP contribution in [0.3, 0.4) is 0 Å². The van der Waals surface area contributed by atoms with E-state index in [0.29, 0.717) is 16.2 Å². The molecule has 134 valence electrons. The molecule has 1 amide bonds. The van der Waals surface area contributed by atoms with E-state index in [1.165, 1.54) is 17.5 Å². The number of rotatable bonds is 8. The minimum absolute atomic E-state index is 0.244. The summed E-state index contributed by atoms with van der Waals surface area (Å²) in [6.07, 6.45) is 3.07. The summed E-state index contributed by atoms with van der Waals surface area (Å²) in [5.41, 5.74) is -0.396. The van der Waals surface area contributed by atoms with Crippen LogP contribution in [0.5, 0.6) is 5.75 Å². The Morgan fingerprint density at radius 2 is 2.16 bits per heavy atom. The number of carbonyl (C=O) groups excluding carboxylic acids is 1. The van der Waals surface area contributed by atoms with Gasteiger partial charge in [-0.2, -0.15) is 0 Å². The fraction of sp³-hybridized carbons (Fsp3) is 0.389. The maximum absolute atomic E-state index is 12.6. The Labute approximate surface area is 150 Å². The molecule has 25 heavy (non-hydrogen) atoms. The predicted octanol–water partition coefficient (Wildman–Crippen LogP) is 3.22. The van der Waals surface area contributed by atoms with Gasteiger partial charge in [0.1, 0.15) is 10.6 Å². The number of aromatic nitrogens is 1. The minimum Gasteiger partial charge on any atom is -0.497 e. The second kappa shape index (κ2) is 8.11. The van der Waals surface area contributed by atoms with Crippen LogP contribution in [0.15, 0.2) is 30.5 Å². The summed E-state index contributed by atoms with van der Waals surface area (Å²) in [5.74, 6) is -0.723. The number of ether oxygens (including phenoxy) is 1. The largest absolute Gasteiger partial charge is 0.497 e. The van der Waals surface area contributed by atoms with Crippen molar-refractivity contribution in [1.29, 1.82) is 0 Å². The van der Waals surface area contributed by atoms with Gasteiger partial charge in [0.2, 0.25) is 0 Å². The van der Waals surface area contributed by atoms with Gasteiger partial charge in [0.15, 0.2) is 0 Å². The summed E-state index contributed by atoms with van der Waals surface area (Å²) >= 11 is 1.33. The van der Waals surface area contributed by atoms with Crippen molar-refractivity contribution in [2.24, 2.45) is 0 Å². The molecular formula is C18H22N2O4S. The number of hydrogen-bond acceptors (Lipinski definition) is 5. The Kier molecular flexibility index (Phi) is 6.14. The highest BCUT2D eigenvalue weighted by Gasteiger charge is 2.32. The first-order valence-corrected chi connectivity index (χ1v) is 8.83. The number of hydrogen-bond donors (Lipinski definition) is 2. The zero-order chi connectivity index (χ0) is 18.4. The molecule has 0 spiro atoms. The number of methoxy groups -OCH3 is 1. The highest BCUT2D eigenvalue weighted by Crippen LogP contribution is 2.29. The van der Waals surface area contributed by atoms with Crippen LogP contribution in [0, 0.1) is 0 Å². The summed E-state index contributed by atoms with van der Waals surface area (Å²) in [4.78, 5) is 28.7. The van der Waals surface area contributed by atoms with Gasteiger partial charge in [-0.05, 0) is 37.5 Å². The number of carbonyl (C=O) groups is 2. The van der Waals surface area contributed by atoms with E-state index in [1.807, 2.05) is 6.92 Å². The lowest BCUT2D eigenvalue weighted by atomic mass is 9.88. The SMILES string of the molecule is CCCc1ncc(C(=O)NC(C)(CC(=O)O)c2cccc(OC)c2)s1. The molecule has 2 aromatic rings. The first-order chi connectivity index (χ1) is 11.9. The zero-order valence-electron chi connectivity index (χ0n) is 14.5. The van der Waals surface area contributed by atoms with Crippen molar-refractivity contribution in [3.63, 3.8) is 0 Å². The third-order valence-corrected chi connectivity index (χ3v) is 4.90. The van der Waals surface area contributed by atoms with Crippen molar-refractivity contribution >= 4 is 23.2 Å². The van der Waals surface area contributed by atoms with Crippen molar-refractivity contribution < 1.29 is 19.4 Å². The van der Waals surface area contributed by atoms with Crippen molar-refractivity contribution in [3.8, 4) is 5.75 Å². The first-order valence-electron chi connectivity index (χ1n) is 8.01. The Bertz CT molecular complexity index is 759. The number of aryl methyl sites for hydroxylation is 1. The number of carboxylic acids is 1. The van der Waals surface area contributed by atoms with Crippen molar-refractivity contribution in [1.82, 2.24) is 10.3 Å². The molecule has 1 heterocycles. The molecule has 1 unspecified atom stereocenters. The van der Waals surface area contributed by atoms with Crippen molar-refractivity contribution in [2.45, 2.75) is 38.6 Å². The number of aliphatic carboxylic acids is 1. The number of benzene rings is 1. The number of nitrogens with one attached hydrogen (secondary N) is 1. The zero-order valence-corrected chi connectivity index (χ0v) is 15.4. The van der Waals surface area contributed by atoms with Gasteiger partial charge in [-0.15, -0.1) is 11.3 Å². The molecule has 1 aromatic carbocycles. The van der Waals surface area contributed by atoms with Crippen molar-refractivity contribution in [3.05, 3.63) is 45.9 Å².